The van der Waals surface area contributed by atoms with Crippen LogP contribution in [0.5, 0.6) is 0 Å². The lowest BCUT2D eigenvalue weighted by Gasteiger charge is -2.51. The van der Waals surface area contributed by atoms with Gasteiger partial charge in [-0.15, -0.1) is 0 Å². The fourth-order valence-electron chi connectivity index (χ4n) is 9.79. The highest BCUT2D eigenvalue weighted by Gasteiger charge is 2.59. The monoisotopic (exact) mass is 1110 g/mol. The predicted molar refractivity (Wildman–Crippen MR) is 224 cm³/mol. The van der Waals surface area contributed by atoms with Gasteiger partial charge in [-0.1, -0.05) is 0 Å². The van der Waals surface area contributed by atoms with Crippen molar-refractivity contribution >= 4 is 0 Å². The van der Waals surface area contributed by atoms with E-state index in [9.17, 15) is 107 Å². The van der Waals surface area contributed by atoms with Gasteiger partial charge in [0.15, 0.2) is 44.0 Å². The number of hydrogen-bond donors (Lipinski definition) is 21. The summed E-state index contributed by atoms with van der Waals surface area (Å²) in [5.41, 5.74) is 0. The molecule has 0 aliphatic carbocycles. The average molecular weight is 1110 g/mol. The molecule has 22 heterocycles. The number of hydrogen-bond acceptors (Lipinski definition) is 34. The number of aliphatic hydroxyl groups excluding tert-OH is 21. The Morgan fingerprint density at radius 1 is 0.293 bits per heavy atom. The highest BCUT2D eigenvalue weighted by molar-refractivity contribution is 5.01. The standard InChI is InChI=1S/C41H70O34/c42-2-9(49)1-10(50)35(62)69-34-27(61)41-68-16(8-48)33(34)75-40-26(60)21(55)31(14(6-46)67-40)73-38-24(58)19(53)29(12(4-44)65-38)71-36-22(56)17(51)28(11(3-43)63-36)70-37-23(57)18(52)30(13(5-45)64-37)72-39-25(59)20(54)32(74-41)15(7-47)66-39/h9-62H,1-8H2/t9?,10?,11-,12-,13-,14-,15-,16-,17-,18-,19-,20-,21-,22-,23-,24-,25-,26-,27-,28-,29-,30-,31-,32-,33+,34-,35?,36-,37-,38-,39-,40-,41-/m1/s1. The van der Waals surface area contributed by atoms with E-state index in [-0.39, 0.29) is 0 Å². The molecule has 33 atom stereocenters. The van der Waals surface area contributed by atoms with Gasteiger partial charge in [0, 0.05) is 6.42 Å². The molecule has 0 aromatic rings. The summed E-state index contributed by atoms with van der Waals surface area (Å²) >= 11 is 0. The molecule has 34 nitrogen and oxygen atoms in total. The van der Waals surface area contributed by atoms with Gasteiger partial charge in [0.1, 0.15) is 153 Å². The maximum Gasteiger partial charge on any atom is 0.187 e. The lowest BCUT2D eigenvalue weighted by atomic mass is 9.94. The summed E-state index contributed by atoms with van der Waals surface area (Å²) in [5.74, 6) is 0. The first-order chi connectivity index (χ1) is 35.7. The summed E-state index contributed by atoms with van der Waals surface area (Å²) in [6.45, 7) is -7.31. The van der Waals surface area contributed by atoms with Crippen LogP contribution in [0.2, 0.25) is 0 Å². The molecule has 0 spiro atoms. The molecule has 12 bridgehead atoms. The van der Waals surface area contributed by atoms with Crippen molar-refractivity contribution < 1.29 is 169 Å². The van der Waals surface area contributed by atoms with E-state index in [2.05, 4.69) is 0 Å². The molecule has 3 unspecified atom stereocenters. The number of rotatable bonds is 12. The van der Waals surface area contributed by atoms with Crippen molar-refractivity contribution in [1.29, 1.82) is 0 Å². The lowest BCUT2D eigenvalue weighted by Crippen LogP contribution is -2.69. The fourth-order valence-corrected chi connectivity index (χ4v) is 9.79. The van der Waals surface area contributed by atoms with Crippen LogP contribution >= 0.6 is 0 Å². The molecule has 22 aliphatic rings. The minimum atomic E-state index is -2.40. The minimum Gasteiger partial charge on any atom is -0.394 e. The Bertz CT molecular complexity index is 1720. The van der Waals surface area contributed by atoms with Gasteiger partial charge in [0.05, 0.1) is 52.4 Å². The van der Waals surface area contributed by atoms with Crippen LogP contribution in [0.1, 0.15) is 6.42 Å². The van der Waals surface area contributed by atoms with Gasteiger partial charge in [0.25, 0.3) is 0 Å². The van der Waals surface area contributed by atoms with Gasteiger partial charge >= 0.3 is 0 Å². The maximum absolute atomic E-state index is 11.8. The lowest BCUT2D eigenvalue weighted by molar-refractivity contribution is -0.408. The van der Waals surface area contributed by atoms with Gasteiger partial charge in [-0.05, 0) is 0 Å². The molecular formula is C41H70O34. The Kier molecular flexibility index (Phi) is 21.6. The van der Waals surface area contributed by atoms with E-state index in [1.165, 1.54) is 0 Å². The second-order valence-electron chi connectivity index (χ2n) is 19.0. The molecule has 0 saturated carbocycles. The van der Waals surface area contributed by atoms with Gasteiger partial charge in [-0.2, -0.15) is 0 Å². The van der Waals surface area contributed by atoms with E-state index >= 15 is 0 Å². The molecule has 0 aromatic heterocycles. The largest absolute Gasteiger partial charge is 0.394 e. The normalized spacial score (nSPS) is 51.5. The third-order valence-electron chi connectivity index (χ3n) is 14.0. The molecule has 22 aliphatic heterocycles. The zero-order chi connectivity index (χ0) is 54.9. The summed E-state index contributed by atoms with van der Waals surface area (Å²) in [4.78, 5) is 0. The molecule has 0 amide bonds. The highest BCUT2D eigenvalue weighted by atomic mass is 16.8. The Morgan fingerprint density at radius 2 is 0.520 bits per heavy atom. The maximum atomic E-state index is 11.8. The van der Waals surface area contributed by atoms with Crippen molar-refractivity contribution in [3.8, 4) is 0 Å². The van der Waals surface area contributed by atoms with Crippen LogP contribution in [0.4, 0.5) is 0 Å². The Hall–Kier alpha value is -1.36. The van der Waals surface area contributed by atoms with Crippen LogP contribution in [0, 0.1) is 0 Å². The van der Waals surface area contributed by atoms with Crippen LogP contribution in [0.3, 0.4) is 0 Å². The van der Waals surface area contributed by atoms with Crippen molar-refractivity contribution in [2.45, 2.75) is 209 Å². The first kappa shape index (κ1) is 61.3. The molecule has 75 heavy (non-hydrogen) atoms. The van der Waals surface area contributed by atoms with Gasteiger partial charge in [-0.3, -0.25) is 0 Å². The topological polar surface area (TPSA) is 545 Å². The second kappa shape index (κ2) is 26.5. The van der Waals surface area contributed by atoms with Crippen LogP contribution in [-0.4, -0.2) is 356 Å². The van der Waals surface area contributed by atoms with Gasteiger partial charge in [0.2, 0.25) is 0 Å². The van der Waals surface area contributed by atoms with Crippen molar-refractivity contribution in [2.75, 3.05) is 46.2 Å². The zero-order valence-corrected chi connectivity index (χ0v) is 39.4. The van der Waals surface area contributed by atoms with E-state index in [4.69, 9.17) is 61.6 Å². The summed E-state index contributed by atoms with van der Waals surface area (Å²) < 4.78 is 74.3. The Labute approximate surface area is 423 Å². The van der Waals surface area contributed by atoms with Crippen molar-refractivity contribution in [1.82, 2.24) is 0 Å². The molecular weight excluding hydrogens is 1040 g/mol. The first-order valence-corrected chi connectivity index (χ1v) is 24.0. The predicted octanol–water partition coefficient (Wildman–Crippen LogP) is -14.6. The van der Waals surface area contributed by atoms with E-state index < -0.39 is 255 Å². The van der Waals surface area contributed by atoms with Crippen LogP contribution in [-0.2, 0) is 61.6 Å². The van der Waals surface area contributed by atoms with E-state index in [1.807, 2.05) is 0 Å². The minimum absolute atomic E-state index is 0.736. The van der Waals surface area contributed by atoms with Crippen LogP contribution < -0.4 is 0 Å². The third-order valence-corrected chi connectivity index (χ3v) is 14.0. The second-order valence-corrected chi connectivity index (χ2v) is 19.0. The van der Waals surface area contributed by atoms with Crippen molar-refractivity contribution in [2.24, 2.45) is 0 Å². The molecule has 0 radical (unpaired) electrons. The quantitative estimate of drug-likeness (QED) is 0.0807. The molecule has 34 heteroatoms. The van der Waals surface area contributed by atoms with E-state index in [0.29, 0.717) is 0 Å². The van der Waals surface area contributed by atoms with Crippen molar-refractivity contribution in [3.05, 3.63) is 0 Å². The molecule has 22 fully saturated rings. The highest BCUT2D eigenvalue weighted by Crippen LogP contribution is 2.39. The molecule has 22 saturated heterocycles. The van der Waals surface area contributed by atoms with E-state index in [1.54, 1.807) is 0 Å². The third kappa shape index (κ3) is 12.7. The number of aliphatic hydroxyl groups is 21. The summed E-state index contributed by atoms with van der Waals surface area (Å²) in [5, 5.41) is 228. The molecule has 21 N–H and O–H groups in total. The first-order valence-electron chi connectivity index (χ1n) is 24.0. The summed E-state index contributed by atoms with van der Waals surface area (Å²) in [6, 6.07) is 0. The van der Waals surface area contributed by atoms with Crippen molar-refractivity contribution in [3.63, 3.8) is 0 Å². The Balaban J connectivity index is 1.23. The average Bonchev–Trinajstić information content (AvgIpc) is 3.40. The van der Waals surface area contributed by atoms with Gasteiger partial charge < -0.3 is 169 Å². The fraction of sp³-hybridized carbons (Fsp3) is 1.00. The Morgan fingerprint density at radius 3 is 0.760 bits per heavy atom. The summed E-state index contributed by atoms with van der Waals surface area (Å²) in [7, 11) is 0. The molecule has 22 rings (SSSR count). The van der Waals surface area contributed by atoms with Crippen LogP contribution in [0.25, 0.3) is 0 Å². The van der Waals surface area contributed by atoms with E-state index in [0.717, 1.165) is 0 Å². The molecule has 438 valence electrons. The smallest absolute Gasteiger partial charge is 0.187 e. The summed E-state index contributed by atoms with van der Waals surface area (Å²) in [6.07, 6.45) is -68.0. The zero-order valence-electron chi connectivity index (χ0n) is 39.4. The number of ether oxygens (including phenoxy) is 13. The molecule has 0 aromatic carbocycles. The van der Waals surface area contributed by atoms with Crippen LogP contribution in [0.15, 0.2) is 0 Å². The SMILES string of the molecule is OCC(O)CC(O)C(O)O[C@@H]1[C@@H](O)[C@H]2O[C@H]3[C@H](O)[C@@H](O)[C@@H](O[C@H]4[C@H](O)[C@@H](O)[C@@H](O[C@H]5[C@H](O)[C@@H](O)[C@@H](O[C@H]6[C@H](O)[C@@H](O)[C@@H](O[C@H]7[C@H](O)[C@@H](O)[C@@H](O[C@H]1[C@@H](CO)O2)O[C@@H]7CO)O[C@@H]6CO)O[C@@H]5CO)O[C@@H]4CO)O[C@@H]3CO. The van der Waals surface area contributed by atoms with Gasteiger partial charge in [-0.25, -0.2) is 0 Å².